The average Bonchev–Trinajstić information content (AvgIpc) is 2.45. The lowest BCUT2D eigenvalue weighted by atomic mass is 10.2. The molecule has 5 heteroatoms. The normalized spacial score (nSPS) is 10.7. The molecule has 2 aromatic rings. The Bertz CT molecular complexity index is 616. The molecule has 0 spiro atoms. The Kier molecular flexibility index (Phi) is 5.53. The van der Waals surface area contributed by atoms with Gasteiger partial charge in [-0.15, -0.1) is 0 Å². The van der Waals surface area contributed by atoms with Crippen molar-refractivity contribution in [1.29, 1.82) is 0 Å². The van der Waals surface area contributed by atoms with Crippen molar-refractivity contribution < 1.29 is 4.74 Å². The minimum absolute atomic E-state index is 0.504. The first-order valence-corrected chi connectivity index (χ1v) is 7.39. The Hall–Kier alpha value is -1.65. The van der Waals surface area contributed by atoms with Gasteiger partial charge in [0.15, 0.2) is 0 Å². The first-order valence-electron chi connectivity index (χ1n) is 7.02. The number of hydrogen-bond acceptors (Lipinski definition) is 4. The number of hydrogen-bond donors (Lipinski definition) is 1. The molecule has 1 heterocycles. The highest BCUT2D eigenvalue weighted by Gasteiger charge is 2.09. The van der Waals surface area contributed by atoms with Crippen LogP contribution in [0.5, 0.6) is 0 Å². The topological polar surface area (TPSA) is 47.0 Å². The van der Waals surface area contributed by atoms with Crippen LogP contribution in [0.3, 0.4) is 0 Å². The third-order valence-corrected chi connectivity index (χ3v) is 3.48. The Morgan fingerprint density at radius 3 is 2.81 bits per heavy atom. The highest BCUT2D eigenvalue weighted by atomic mass is 35.5. The smallest absolute Gasteiger partial charge is 0.138 e. The maximum absolute atomic E-state index is 6.19. The quantitative estimate of drug-likeness (QED) is 0.809. The summed E-state index contributed by atoms with van der Waals surface area (Å²) in [5, 5.41) is 3.82. The Morgan fingerprint density at radius 2 is 2.10 bits per heavy atom. The summed E-state index contributed by atoms with van der Waals surface area (Å²) in [6.07, 6.45) is 1.81. The van der Waals surface area contributed by atoms with Crippen LogP contribution in [0, 0.1) is 6.92 Å². The van der Waals surface area contributed by atoms with Gasteiger partial charge in [-0.3, -0.25) is 0 Å². The van der Waals surface area contributed by atoms with Gasteiger partial charge in [0.25, 0.3) is 0 Å². The highest BCUT2D eigenvalue weighted by molar-refractivity contribution is 6.30. The second-order valence-corrected chi connectivity index (χ2v) is 5.27. The average molecular weight is 306 g/mol. The van der Waals surface area contributed by atoms with E-state index in [4.69, 9.17) is 16.3 Å². The Morgan fingerprint density at radius 1 is 1.29 bits per heavy atom. The van der Waals surface area contributed by atoms with Gasteiger partial charge in [-0.2, -0.15) is 0 Å². The third kappa shape index (κ3) is 4.16. The van der Waals surface area contributed by atoms with E-state index in [9.17, 15) is 0 Å². The fraction of sp³-hybridized carbons (Fsp3) is 0.375. The Balaban J connectivity index is 2.27. The molecule has 0 atom stereocenters. The van der Waals surface area contributed by atoms with Crippen molar-refractivity contribution in [1.82, 2.24) is 9.97 Å². The standard InChI is InChI=1S/C16H20ClN3O/c1-4-6-14-19-15(17)11(2)16(20-14)18-13-8-5-7-12(9-13)10-21-3/h5,7-9H,4,6,10H2,1-3H3,(H,18,19,20). The molecule has 0 fully saturated rings. The third-order valence-electron chi connectivity index (χ3n) is 3.11. The van der Waals surface area contributed by atoms with Crippen molar-refractivity contribution in [2.75, 3.05) is 12.4 Å². The summed E-state index contributed by atoms with van der Waals surface area (Å²) in [4.78, 5) is 8.86. The van der Waals surface area contributed by atoms with Crippen molar-refractivity contribution in [3.63, 3.8) is 0 Å². The number of nitrogens with zero attached hydrogens (tertiary/aromatic N) is 2. The zero-order chi connectivity index (χ0) is 15.2. The molecule has 1 aromatic carbocycles. The van der Waals surface area contributed by atoms with E-state index >= 15 is 0 Å². The minimum Gasteiger partial charge on any atom is -0.380 e. The monoisotopic (exact) mass is 305 g/mol. The number of halogens is 1. The predicted octanol–water partition coefficient (Wildman–Crippen LogP) is 4.28. The summed E-state index contributed by atoms with van der Waals surface area (Å²) in [6.45, 7) is 4.60. The van der Waals surface area contributed by atoms with Crippen molar-refractivity contribution in [3.05, 3.63) is 46.4 Å². The van der Waals surface area contributed by atoms with E-state index in [0.29, 0.717) is 11.8 Å². The van der Waals surface area contributed by atoms with Crippen LogP contribution in [0.2, 0.25) is 5.15 Å². The molecule has 0 radical (unpaired) electrons. The van der Waals surface area contributed by atoms with Crippen molar-refractivity contribution in [3.8, 4) is 0 Å². The molecule has 0 unspecified atom stereocenters. The van der Waals surface area contributed by atoms with E-state index in [1.165, 1.54) is 0 Å². The molecule has 1 N–H and O–H groups in total. The van der Waals surface area contributed by atoms with Crippen molar-refractivity contribution >= 4 is 23.1 Å². The van der Waals surface area contributed by atoms with Crippen LogP contribution in [0.1, 0.15) is 30.3 Å². The number of anilines is 2. The van der Waals surface area contributed by atoms with E-state index in [1.54, 1.807) is 7.11 Å². The zero-order valence-corrected chi connectivity index (χ0v) is 13.4. The molecule has 0 aliphatic heterocycles. The van der Waals surface area contributed by atoms with E-state index in [1.807, 2.05) is 31.2 Å². The molecule has 0 bridgehead atoms. The maximum Gasteiger partial charge on any atom is 0.138 e. The van der Waals surface area contributed by atoms with E-state index < -0.39 is 0 Å². The molecule has 4 nitrogen and oxygen atoms in total. The molecular formula is C16H20ClN3O. The number of ether oxygens (including phenoxy) is 1. The first-order chi connectivity index (χ1) is 10.1. The molecule has 0 saturated heterocycles. The van der Waals surface area contributed by atoms with Crippen LogP contribution in [0.25, 0.3) is 0 Å². The molecule has 1 aromatic heterocycles. The molecular weight excluding hydrogens is 286 g/mol. The summed E-state index contributed by atoms with van der Waals surface area (Å²) in [5.41, 5.74) is 2.92. The number of aromatic nitrogens is 2. The van der Waals surface area contributed by atoms with Gasteiger partial charge in [-0.05, 0) is 31.0 Å². The second kappa shape index (κ2) is 7.38. The van der Waals surface area contributed by atoms with Crippen molar-refractivity contribution in [2.45, 2.75) is 33.3 Å². The lowest BCUT2D eigenvalue weighted by Crippen LogP contribution is -2.04. The lowest BCUT2D eigenvalue weighted by Gasteiger charge is -2.12. The minimum atomic E-state index is 0.504. The number of nitrogens with one attached hydrogen (secondary N) is 1. The summed E-state index contributed by atoms with van der Waals surface area (Å²) in [7, 11) is 1.69. The second-order valence-electron chi connectivity index (χ2n) is 4.91. The van der Waals surface area contributed by atoms with E-state index in [0.717, 1.165) is 41.3 Å². The molecule has 0 aliphatic rings. The number of benzene rings is 1. The zero-order valence-electron chi connectivity index (χ0n) is 12.6. The number of rotatable bonds is 6. The van der Waals surface area contributed by atoms with Gasteiger partial charge in [-0.25, -0.2) is 9.97 Å². The molecule has 0 aliphatic carbocycles. The van der Waals surface area contributed by atoms with Crippen LogP contribution in [-0.2, 0) is 17.8 Å². The van der Waals surface area contributed by atoms with Crippen LogP contribution in [-0.4, -0.2) is 17.1 Å². The van der Waals surface area contributed by atoms with Gasteiger partial charge >= 0.3 is 0 Å². The molecule has 0 amide bonds. The van der Waals surface area contributed by atoms with Gasteiger partial charge in [-0.1, -0.05) is 30.7 Å². The molecule has 0 saturated carbocycles. The van der Waals surface area contributed by atoms with E-state index in [2.05, 4.69) is 22.2 Å². The first kappa shape index (κ1) is 15.7. The number of aryl methyl sites for hydroxylation is 1. The largest absolute Gasteiger partial charge is 0.380 e. The van der Waals surface area contributed by atoms with Gasteiger partial charge < -0.3 is 10.1 Å². The fourth-order valence-electron chi connectivity index (χ4n) is 2.03. The molecule has 2 rings (SSSR count). The van der Waals surface area contributed by atoms with Gasteiger partial charge in [0.1, 0.15) is 16.8 Å². The van der Waals surface area contributed by atoms with Gasteiger partial charge in [0.05, 0.1) is 6.61 Å². The number of methoxy groups -OCH3 is 1. The van der Waals surface area contributed by atoms with Gasteiger partial charge in [0.2, 0.25) is 0 Å². The van der Waals surface area contributed by atoms with Crippen LogP contribution >= 0.6 is 11.6 Å². The predicted molar refractivity (Wildman–Crippen MR) is 86.2 cm³/mol. The van der Waals surface area contributed by atoms with Gasteiger partial charge in [0, 0.05) is 24.8 Å². The SMILES string of the molecule is CCCc1nc(Cl)c(C)c(Nc2cccc(COC)c2)n1. The summed E-state index contributed by atoms with van der Waals surface area (Å²) < 4.78 is 5.15. The fourth-order valence-corrected chi connectivity index (χ4v) is 2.22. The van der Waals surface area contributed by atoms with Crippen LogP contribution in [0.4, 0.5) is 11.5 Å². The van der Waals surface area contributed by atoms with E-state index in [-0.39, 0.29) is 0 Å². The van der Waals surface area contributed by atoms with Crippen LogP contribution in [0.15, 0.2) is 24.3 Å². The summed E-state index contributed by atoms with van der Waals surface area (Å²) >= 11 is 6.19. The summed E-state index contributed by atoms with van der Waals surface area (Å²) in [6, 6.07) is 8.05. The Labute approximate surface area is 130 Å². The van der Waals surface area contributed by atoms with Crippen molar-refractivity contribution in [2.24, 2.45) is 0 Å². The molecule has 112 valence electrons. The maximum atomic E-state index is 6.19. The highest BCUT2D eigenvalue weighted by Crippen LogP contribution is 2.24. The molecule has 21 heavy (non-hydrogen) atoms. The lowest BCUT2D eigenvalue weighted by molar-refractivity contribution is 0.185. The van der Waals surface area contributed by atoms with Crippen LogP contribution < -0.4 is 5.32 Å². The summed E-state index contributed by atoms with van der Waals surface area (Å²) in [5.74, 6) is 1.52.